The fraction of sp³-hybridized carbons (Fsp3) is 0.905. The number of nitrogens with two attached hydrogens (primary N) is 3. The van der Waals surface area contributed by atoms with E-state index in [4.69, 9.17) is 45.6 Å². The van der Waals surface area contributed by atoms with E-state index in [0.29, 0.717) is 0 Å². The minimum atomic E-state index is -3.05. The average molecular weight is 585 g/mol. The van der Waals surface area contributed by atoms with Gasteiger partial charge in [0.25, 0.3) is 5.79 Å². The quantitative estimate of drug-likeness (QED) is 0.0931. The fourth-order valence-electron chi connectivity index (χ4n) is 4.76. The van der Waals surface area contributed by atoms with Gasteiger partial charge >= 0.3 is 5.97 Å². The average Bonchev–Trinajstić information content (AvgIpc) is 2.93. The van der Waals surface area contributed by atoms with E-state index in [2.05, 4.69) is 0 Å². The second kappa shape index (κ2) is 12.7. The third kappa shape index (κ3) is 5.68. The Morgan fingerprint density at radius 3 is 1.93 bits per heavy atom. The number of hydrogen-bond acceptors (Lipinski definition) is 19. The Bertz CT molecular complexity index is 925. The van der Waals surface area contributed by atoms with Gasteiger partial charge in [-0.15, -0.1) is 0 Å². The summed E-state index contributed by atoms with van der Waals surface area (Å²) in [5, 5.41) is 91.6. The summed E-state index contributed by atoms with van der Waals surface area (Å²) >= 11 is 0. The maximum Gasteiger partial charge on any atom is 0.305 e. The zero-order valence-corrected chi connectivity index (χ0v) is 21.2. The molecule has 0 amide bonds. The molecule has 0 radical (unpaired) electrons. The van der Waals surface area contributed by atoms with E-state index < -0.39 is 117 Å². The number of aliphatic hydroxyl groups is 8. The van der Waals surface area contributed by atoms with Gasteiger partial charge in [0.2, 0.25) is 5.60 Å². The van der Waals surface area contributed by atoms with Crippen molar-refractivity contribution in [3.05, 3.63) is 0 Å². The van der Waals surface area contributed by atoms with Crippen molar-refractivity contribution >= 4 is 5.97 Å². The third-order valence-electron chi connectivity index (χ3n) is 7.09. The monoisotopic (exact) mass is 584 g/mol. The Hall–Kier alpha value is -1.68. The number of nitrogens with zero attached hydrogens (tertiary/aromatic N) is 1. The van der Waals surface area contributed by atoms with Gasteiger partial charge in [-0.25, -0.2) is 0 Å². The predicted molar refractivity (Wildman–Crippen MR) is 122 cm³/mol. The molecule has 0 aromatic rings. The first-order valence-corrected chi connectivity index (χ1v) is 12.2. The van der Waals surface area contributed by atoms with Crippen LogP contribution < -0.4 is 17.2 Å². The van der Waals surface area contributed by atoms with Crippen molar-refractivity contribution in [3.63, 3.8) is 0 Å². The van der Waals surface area contributed by atoms with Crippen LogP contribution in [0.1, 0.15) is 6.92 Å². The molecule has 0 saturated carbocycles. The molecule has 19 nitrogen and oxygen atoms in total. The van der Waals surface area contributed by atoms with Gasteiger partial charge in [0, 0.05) is 6.92 Å². The number of esters is 1. The van der Waals surface area contributed by atoms with Crippen LogP contribution >= 0.6 is 0 Å². The van der Waals surface area contributed by atoms with Crippen molar-refractivity contribution in [2.24, 2.45) is 17.2 Å². The molecule has 40 heavy (non-hydrogen) atoms. The minimum absolute atomic E-state index is 0.714. The predicted octanol–water partition coefficient (Wildman–Crippen LogP) is -7.89. The van der Waals surface area contributed by atoms with Crippen molar-refractivity contribution in [2.45, 2.75) is 98.0 Å². The largest absolute Gasteiger partial charge is 0.426 e. The lowest BCUT2D eigenvalue weighted by atomic mass is 9.81. The van der Waals surface area contributed by atoms with Crippen LogP contribution in [0.5, 0.6) is 0 Å². The molecule has 15 atom stereocenters. The normalized spacial score (nSPS) is 49.7. The smallest absolute Gasteiger partial charge is 0.305 e. The highest BCUT2D eigenvalue weighted by atomic mass is 16.8. The summed E-state index contributed by atoms with van der Waals surface area (Å²) in [6.07, 6.45) is -16.4. The van der Waals surface area contributed by atoms with Crippen LogP contribution in [0.15, 0.2) is 0 Å². The van der Waals surface area contributed by atoms with Crippen LogP contribution in [0.4, 0.5) is 0 Å². The van der Waals surface area contributed by atoms with Crippen molar-refractivity contribution in [1.29, 1.82) is 5.26 Å². The number of aliphatic hydroxyl groups excluding tert-OH is 7. The van der Waals surface area contributed by atoms with E-state index in [1.165, 1.54) is 6.07 Å². The first kappa shape index (κ1) is 32.8. The highest BCUT2D eigenvalue weighted by Gasteiger charge is 2.68. The molecule has 0 bridgehead atoms. The van der Waals surface area contributed by atoms with Crippen molar-refractivity contribution in [1.82, 2.24) is 0 Å². The number of nitriles is 1. The van der Waals surface area contributed by atoms with Crippen LogP contribution in [0.3, 0.4) is 0 Å². The van der Waals surface area contributed by atoms with Gasteiger partial charge in [-0.05, 0) is 0 Å². The van der Waals surface area contributed by atoms with E-state index >= 15 is 0 Å². The number of carbonyl (C=O) groups is 1. The summed E-state index contributed by atoms with van der Waals surface area (Å²) in [4.78, 5) is 11.7. The SMILES string of the molecule is CC(=O)O[C@@]1(CO)O[C@H](OC2[C@@H](CO)O[C@@H](OC3[C@@H](CO)O[C@@H](O)[C@H](N)[C@H]3O)[C@H](N)[C@H]2O)[C@H](N)[C@@H](O)[C@@]1(O)C#N. The highest BCUT2D eigenvalue weighted by molar-refractivity contribution is 5.66. The molecule has 3 rings (SSSR count). The number of rotatable bonds is 8. The molecule has 0 aliphatic carbocycles. The van der Waals surface area contributed by atoms with E-state index in [1.807, 2.05) is 0 Å². The van der Waals surface area contributed by atoms with Crippen molar-refractivity contribution < 1.29 is 74.1 Å². The molecule has 3 aliphatic rings. The second-order valence-corrected chi connectivity index (χ2v) is 9.70. The Balaban J connectivity index is 1.83. The van der Waals surface area contributed by atoms with Crippen LogP contribution in [0, 0.1) is 11.3 Å². The molecule has 3 aliphatic heterocycles. The Labute approximate surface area is 227 Å². The Morgan fingerprint density at radius 2 is 1.43 bits per heavy atom. The zero-order chi connectivity index (χ0) is 30.2. The van der Waals surface area contributed by atoms with Gasteiger partial charge in [-0.2, -0.15) is 5.26 Å². The Morgan fingerprint density at radius 1 is 0.900 bits per heavy atom. The highest BCUT2D eigenvalue weighted by Crippen LogP contribution is 2.40. The maximum absolute atomic E-state index is 11.7. The molecule has 3 heterocycles. The second-order valence-electron chi connectivity index (χ2n) is 9.70. The summed E-state index contributed by atoms with van der Waals surface area (Å²) in [7, 11) is 0. The van der Waals surface area contributed by atoms with Crippen LogP contribution in [-0.2, 0) is 33.2 Å². The number of carbonyl (C=O) groups excluding carboxylic acids is 1. The molecule has 0 aromatic carbocycles. The summed E-state index contributed by atoms with van der Waals surface area (Å²) in [5.74, 6) is -4.00. The van der Waals surface area contributed by atoms with Gasteiger partial charge in [0.05, 0.1) is 31.3 Å². The van der Waals surface area contributed by atoms with E-state index in [9.17, 15) is 50.9 Å². The molecule has 0 spiro atoms. The number of hydrogen-bond donors (Lipinski definition) is 11. The fourth-order valence-corrected chi connectivity index (χ4v) is 4.76. The number of ether oxygens (including phenoxy) is 6. The topological polar surface area (TPSA) is 336 Å². The maximum atomic E-state index is 11.7. The van der Waals surface area contributed by atoms with E-state index in [-0.39, 0.29) is 0 Å². The molecule has 19 heteroatoms. The summed E-state index contributed by atoms with van der Waals surface area (Å²) in [6, 6.07) is -3.26. The van der Waals surface area contributed by atoms with Crippen molar-refractivity contribution in [3.8, 4) is 6.07 Å². The standard InChI is InChI=1S/C21H36N4O15/c1-6(29)39-21(5-28)20(34,4-22)16(32)11(25)19(40-21)38-15-8(3-27)36-18(10(24)13(15)31)37-14-7(2-26)35-17(33)9(23)12(14)30/h7-19,26-28,30-34H,2-3,5,23-25H2,1H3/t7-,8-,9-,10-,11-,12-,13-,14?,15?,16-,17-,18+,19+,20+,21+/m1/s1. The molecule has 0 aromatic heterocycles. The van der Waals surface area contributed by atoms with E-state index in [1.54, 1.807) is 0 Å². The van der Waals surface area contributed by atoms with E-state index in [0.717, 1.165) is 6.92 Å². The molecule has 3 fully saturated rings. The van der Waals surface area contributed by atoms with Gasteiger partial charge in [0.15, 0.2) is 18.9 Å². The Kier molecular flexibility index (Phi) is 10.4. The van der Waals surface area contributed by atoms with Gasteiger partial charge in [-0.3, -0.25) is 4.79 Å². The minimum Gasteiger partial charge on any atom is -0.426 e. The lowest BCUT2D eigenvalue weighted by Gasteiger charge is -2.52. The summed E-state index contributed by atoms with van der Waals surface area (Å²) in [6.45, 7) is -2.02. The van der Waals surface area contributed by atoms with Crippen molar-refractivity contribution in [2.75, 3.05) is 19.8 Å². The van der Waals surface area contributed by atoms with Crippen LogP contribution in [-0.4, -0.2) is 158 Å². The van der Waals surface area contributed by atoms with Gasteiger partial charge in [-0.1, -0.05) is 0 Å². The lowest BCUT2D eigenvalue weighted by molar-refractivity contribution is -0.413. The molecular weight excluding hydrogens is 548 g/mol. The first-order valence-electron chi connectivity index (χ1n) is 12.2. The molecular formula is C21H36N4O15. The summed E-state index contributed by atoms with van der Waals surface area (Å²) in [5.41, 5.74) is 14.6. The van der Waals surface area contributed by atoms with Gasteiger partial charge < -0.3 is 86.5 Å². The first-order chi connectivity index (χ1) is 18.7. The van der Waals surface area contributed by atoms with Crippen LogP contribution in [0.2, 0.25) is 0 Å². The lowest BCUT2D eigenvalue weighted by Crippen LogP contribution is -2.77. The summed E-state index contributed by atoms with van der Waals surface area (Å²) < 4.78 is 32.3. The molecule has 14 N–H and O–H groups in total. The third-order valence-corrected chi connectivity index (χ3v) is 7.09. The zero-order valence-electron chi connectivity index (χ0n) is 21.2. The molecule has 3 saturated heterocycles. The van der Waals surface area contributed by atoms with Crippen LogP contribution in [0.25, 0.3) is 0 Å². The molecule has 2 unspecified atom stereocenters. The van der Waals surface area contributed by atoms with Gasteiger partial charge in [0.1, 0.15) is 55.4 Å². The molecule has 230 valence electrons.